The third-order valence-electron chi connectivity index (χ3n) is 3.31. The van der Waals surface area contributed by atoms with Crippen molar-refractivity contribution in [2.45, 2.75) is 13.8 Å². The average molecular weight is 297 g/mol. The van der Waals surface area contributed by atoms with Gasteiger partial charge in [-0.15, -0.1) is 11.3 Å². The van der Waals surface area contributed by atoms with Crippen molar-refractivity contribution >= 4 is 22.4 Å². The Morgan fingerprint density at radius 3 is 2.33 bits per heavy atom. The van der Waals surface area contributed by atoms with E-state index in [2.05, 4.69) is 40.8 Å². The molecule has 3 aromatic rings. The number of rotatable bonds is 3. The second-order valence-corrected chi connectivity index (χ2v) is 5.68. The summed E-state index contributed by atoms with van der Waals surface area (Å²) in [5, 5.41) is 5.22. The van der Waals surface area contributed by atoms with Crippen LogP contribution in [-0.2, 0) is 0 Å². The molecule has 0 fully saturated rings. The highest BCUT2D eigenvalue weighted by molar-refractivity contribution is 7.13. The molecule has 1 N–H and O–H groups in total. The van der Waals surface area contributed by atoms with Gasteiger partial charge < -0.3 is 4.57 Å². The topological polar surface area (TPSA) is 46.9 Å². The monoisotopic (exact) mass is 297 g/mol. The van der Waals surface area contributed by atoms with Crippen LogP contribution >= 0.6 is 11.3 Å². The van der Waals surface area contributed by atoms with E-state index in [0.29, 0.717) is 10.7 Å². The van der Waals surface area contributed by atoms with Crippen LogP contribution in [-0.4, -0.2) is 15.5 Å². The lowest BCUT2D eigenvalue weighted by atomic mass is 10.2. The summed E-state index contributed by atoms with van der Waals surface area (Å²) in [6.07, 6.45) is 1.67. The van der Waals surface area contributed by atoms with E-state index in [1.807, 2.05) is 29.6 Å². The van der Waals surface area contributed by atoms with Gasteiger partial charge in [0, 0.05) is 34.2 Å². The predicted molar refractivity (Wildman–Crippen MR) is 85.3 cm³/mol. The van der Waals surface area contributed by atoms with E-state index in [0.717, 1.165) is 5.69 Å². The van der Waals surface area contributed by atoms with Crippen molar-refractivity contribution in [2.75, 3.05) is 5.32 Å². The average Bonchev–Trinajstić information content (AvgIpc) is 3.09. The smallest absolute Gasteiger partial charge is 0.257 e. The number of carbonyl (C=O) groups is 1. The van der Waals surface area contributed by atoms with Crippen LogP contribution in [0.15, 0.2) is 48.0 Å². The summed E-state index contributed by atoms with van der Waals surface area (Å²) in [5.41, 5.74) is 4.03. The number of carbonyl (C=O) groups excluding carboxylic acids is 1. The molecule has 0 unspecified atom stereocenters. The van der Waals surface area contributed by atoms with Crippen molar-refractivity contribution in [1.82, 2.24) is 9.55 Å². The number of thiazole rings is 1. The molecule has 106 valence electrons. The van der Waals surface area contributed by atoms with E-state index < -0.39 is 0 Å². The molecule has 2 heterocycles. The molecule has 0 atom stereocenters. The van der Waals surface area contributed by atoms with Gasteiger partial charge >= 0.3 is 0 Å². The minimum atomic E-state index is -0.141. The molecule has 2 aromatic heterocycles. The van der Waals surface area contributed by atoms with Crippen molar-refractivity contribution < 1.29 is 4.79 Å². The summed E-state index contributed by atoms with van der Waals surface area (Å²) in [7, 11) is 0. The van der Waals surface area contributed by atoms with Gasteiger partial charge in [0.1, 0.15) is 0 Å². The molecule has 5 heteroatoms. The fourth-order valence-electron chi connectivity index (χ4n) is 2.29. The fraction of sp³-hybridized carbons (Fsp3) is 0.125. The summed E-state index contributed by atoms with van der Waals surface area (Å²) in [6.45, 7) is 4.13. The Kier molecular flexibility index (Phi) is 3.58. The highest BCUT2D eigenvalue weighted by atomic mass is 32.1. The highest BCUT2D eigenvalue weighted by Crippen LogP contribution is 2.18. The van der Waals surface area contributed by atoms with Crippen molar-refractivity contribution in [3.63, 3.8) is 0 Å². The molecule has 1 aromatic carbocycles. The molecular weight excluding hydrogens is 282 g/mol. The number of aromatic nitrogens is 2. The van der Waals surface area contributed by atoms with Gasteiger partial charge in [0.25, 0.3) is 5.91 Å². The van der Waals surface area contributed by atoms with Crippen LogP contribution in [0, 0.1) is 13.8 Å². The summed E-state index contributed by atoms with van der Waals surface area (Å²) >= 11 is 1.40. The quantitative estimate of drug-likeness (QED) is 0.799. The van der Waals surface area contributed by atoms with Crippen LogP contribution < -0.4 is 5.32 Å². The van der Waals surface area contributed by atoms with Crippen LogP contribution in [0.1, 0.15) is 21.7 Å². The van der Waals surface area contributed by atoms with Gasteiger partial charge in [-0.1, -0.05) is 0 Å². The first-order chi connectivity index (χ1) is 10.1. The van der Waals surface area contributed by atoms with Crippen LogP contribution in [0.25, 0.3) is 5.69 Å². The number of benzene rings is 1. The second-order valence-electron chi connectivity index (χ2n) is 4.79. The Bertz CT molecular complexity index is 738. The lowest BCUT2D eigenvalue weighted by molar-refractivity contribution is 0.102. The molecule has 0 aliphatic rings. The molecule has 0 radical (unpaired) electrons. The number of nitrogens with one attached hydrogen (secondary N) is 1. The predicted octanol–water partition coefficient (Wildman–Crippen LogP) is 3.80. The number of nitrogens with zero attached hydrogens (tertiary/aromatic N) is 2. The van der Waals surface area contributed by atoms with E-state index in [9.17, 15) is 4.79 Å². The first-order valence-corrected chi connectivity index (χ1v) is 7.49. The van der Waals surface area contributed by atoms with E-state index in [4.69, 9.17) is 0 Å². The molecule has 0 bridgehead atoms. The first kappa shape index (κ1) is 13.6. The third kappa shape index (κ3) is 2.73. The molecule has 3 rings (SSSR count). The Morgan fingerprint density at radius 2 is 1.76 bits per heavy atom. The van der Waals surface area contributed by atoms with Gasteiger partial charge in [0.15, 0.2) is 5.13 Å². The van der Waals surface area contributed by atoms with Crippen LogP contribution in [0.3, 0.4) is 0 Å². The summed E-state index contributed by atoms with van der Waals surface area (Å²) in [6, 6.07) is 11.7. The maximum Gasteiger partial charge on any atom is 0.257 e. The second kappa shape index (κ2) is 5.54. The molecule has 4 nitrogen and oxygen atoms in total. The van der Waals surface area contributed by atoms with E-state index in [1.54, 1.807) is 6.20 Å². The molecule has 0 aliphatic heterocycles. The molecule has 0 spiro atoms. The van der Waals surface area contributed by atoms with Crippen molar-refractivity contribution in [2.24, 2.45) is 0 Å². The molecule has 0 aliphatic carbocycles. The number of hydrogen-bond acceptors (Lipinski definition) is 3. The Balaban J connectivity index is 1.83. The number of hydrogen-bond donors (Lipinski definition) is 1. The minimum absolute atomic E-state index is 0.141. The molecule has 21 heavy (non-hydrogen) atoms. The first-order valence-electron chi connectivity index (χ1n) is 6.61. The number of aryl methyl sites for hydroxylation is 2. The number of amides is 1. The molecule has 1 amide bonds. The minimum Gasteiger partial charge on any atom is -0.319 e. The summed E-state index contributed by atoms with van der Waals surface area (Å²) in [5.74, 6) is -0.141. The lowest BCUT2D eigenvalue weighted by Gasteiger charge is -2.10. The van der Waals surface area contributed by atoms with Crippen LogP contribution in [0.4, 0.5) is 5.13 Å². The number of anilines is 1. The van der Waals surface area contributed by atoms with Gasteiger partial charge in [-0.05, 0) is 50.2 Å². The summed E-state index contributed by atoms with van der Waals surface area (Å²) < 4.78 is 2.16. The third-order valence-corrected chi connectivity index (χ3v) is 4.00. The normalized spacial score (nSPS) is 10.6. The zero-order chi connectivity index (χ0) is 14.8. The Hall–Kier alpha value is -2.40. The SMILES string of the molecule is Cc1ccc(C)n1-c1ccc(C(=O)Nc2nccs2)cc1. The largest absolute Gasteiger partial charge is 0.319 e. The molecule has 0 saturated heterocycles. The van der Waals surface area contributed by atoms with Gasteiger partial charge in [-0.25, -0.2) is 4.98 Å². The Labute approximate surface area is 127 Å². The van der Waals surface area contributed by atoms with Crippen molar-refractivity contribution in [1.29, 1.82) is 0 Å². The molecule has 0 saturated carbocycles. The maximum atomic E-state index is 12.1. The standard InChI is InChI=1S/C16H15N3OS/c1-11-3-4-12(2)19(11)14-7-5-13(6-8-14)15(20)18-16-17-9-10-21-16/h3-10H,1-2H3,(H,17,18,20). The Morgan fingerprint density at radius 1 is 1.10 bits per heavy atom. The lowest BCUT2D eigenvalue weighted by Crippen LogP contribution is -2.11. The van der Waals surface area contributed by atoms with E-state index in [-0.39, 0.29) is 5.91 Å². The zero-order valence-electron chi connectivity index (χ0n) is 11.8. The van der Waals surface area contributed by atoms with Crippen LogP contribution in [0.2, 0.25) is 0 Å². The van der Waals surface area contributed by atoms with Gasteiger partial charge in [-0.3, -0.25) is 10.1 Å². The van der Waals surface area contributed by atoms with E-state index in [1.165, 1.54) is 22.7 Å². The van der Waals surface area contributed by atoms with Gasteiger partial charge in [-0.2, -0.15) is 0 Å². The molecular formula is C16H15N3OS. The van der Waals surface area contributed by atoms with Gasteiger partial charge in [0.05, 0.1) is 0 Å². The highest BCUT2D eigenvalue weighted by Gasteiger charge is 2.09. The summed E-state index contributed by atoms with van der Waals surface area (Å²) in [4.78, 5) is 16.1. The van der Waals surface area contributed by atoms with Crippen molar-refractivity contribution in [3.05, 3.63) is 64.9 Å². The van der Waals surface area contributed by atoms with Crippen molar-refractivity contribution in [3.8, 4) is 5.69 Å². The van der Waals surface area contributed by atoms with Gasteiger partial charge in [0.2, 0.25) is 0 Å². The van der Waals surface area contributed by atoms with Crippen LogP contribution in [0.5, 0.6) is 0 Å². The van der Waals surface area contributed by atoms with E-state index >= 15 is 0 Å². The maximum absolute atomic E-state index is 12.1. The fourth-order valence-corrected chi connectivity index (χ4v) is 2.82. The zero-order valence-corrected chi connectivity index (χ0v) is 12.6.